The molecule has 0 heterocycles. The van der Waals surface area contributed by atoms with Crippen molar-refractivity contribution in [1.82, 2.24) is 5.06 Å². The van der Waals surface area contributed by atoms with Gasteiger partial charge in [-0.1, -0.05) is 124 Å². The Balaban J connectivity index is 6.45. The van der Waals surface area contributed by atoms with Gasteiger partial charge in [0.15, 0.2) is 33.3 Å². The SMILES string of the molecule is CC[Si](CC)(CC)OC/C=C/C(O[Si](CC)(CC)CC)[C@H](C)[C@H](/C=C/C(C)=C/C/C=C(\C)CC[C@@H](O[Si](C)(C)C)[C@H](C)C(=O)N(C)OC)O[Si](CC)(CC)CC. The van der Waals surface area contributed by atoms with Crippen LogP contribution in [0.5, 0.6) is 0 Å². The van der Waals surface area contributed by atoms with Crippen molar-refractivity contribution in [2.24, 2.45) is 11.8 Å². The van der Waals surface area contributed by atoms with Crippen molar-refractivity contribution in [2.75, 3.05) is 20.8 Å². The van der Waals surface area contributed by atoms with E-state index in [0.717, 1.165) is 73.7 Å². The van der Waals surface area contributed by atoms with Crippen molar-refractivity contribution in [2.45, 2.75) is 202 Å². The van der Waals surface area contributed by atoms with Gasteiger partial charge in [-0.05, 0) is 107 Å². The maximum absolute atomic E-state index is 12.9. The van der Waals surface area contributed by atoms with Crippen LogP contribution in [-0.4, -0.2) is 83.3 Å². The first-order valence-electron chi connectivity index (χ1n) is 22.5. The van der Waals surface area contributed by atoms with Crippen molar-refractivity contribution < 1.29 is 27.3 Å². The second-order valence-electron chi connectivity index (χ2n) is 17.2. The lowest BCUT2D eigenvalue weighted by molar-refractivity contribution is -0.175. The summed E-state index contributed by atoms with van der Waals surface area (Å²) in [7, 11) is -4.17. The Morgan fingerprint density at radius 1 is 0.679 bits per heavy atom. The van der Waals surface area contributed by atoms with Crippen LogP contribution in [0.4, 0.5) is 0 Å². The minimum absolute atomic E-state index is 0.0329. The first kappa shape index (κ1) is 55.1. The van der Waals surface area contributed by atoms with Crippen LogP contribution in [0.3, 0.4) is 0 Å². The fourth-order valence-corrected chi connectivity index (χ4v) is 17.0. The highest BCUT2D eigenvalue weighted by molar-refractivity contribution is 6.74. The molecule has 0 rings (SSSR count). The summed E-state index contributed by atoms with van der Waals surface area (Å²) < 4.78 is 27.8. The molecular formula is C45H91NO6Si4. The van der Waals surface area contributed by atoms with E-state index in [2.05, 4.69) is 139 Å². The molecule has 0 aromatic carbocycles. The Morgan fingerprint density at radius 3 is 1.57 bits per heavy atom. The number of hydroxylamine groups is 2. The van der Waals surface area contributed by atoms with Crippen LogP contribution in [0.1, 0.15) is 109 Å². The Labute approximate surface area is 351 Å². The van der Waals surface area contributed by atoms with Crippen LogP contribution in [0.25, 0.3) is 0 Å². The van der Waals surface area contributed by atoms with Crippen LogP contribution in [-0.2, 0) is 27.3 Å². The average molecular weight is 855 g/mol. The van der Waals surface area contributed by atoms with Gasteiger partial charge in [-0.2, -0.15) is 0 Å². The number of hydrogen-bond acceptors (Lipinski definition) is 6. The second kappa shape index (κ2) is 27.8. The lowest BCUT2D eigenvalue weighted by atomic mass is 9.96. The number of hydrogen-bond donors (Lipinski definition) is 0. The Bertz CT molecular complexity index is 1180. The lowest BCUT2D eigenvalue weighted by Crippen LogP contribution is -2.47. The van der Waals surface area contributed by atoms with Crippen LogP contribution >= 0.6 is 0 Å². The van der Waals surface area contributed by atoms with Crippen LogP contribution in [0.15, 0.2) is 47.6 Å². The molecule has 0 saturated carbocycles. The fraction of sp³-hybridized carbons (Fsp3) is 0.800. The van der Waals surface area contributed by atoms with Gasteiger partial charge in [0, 0.05) is 13.0 Å². The highest BCUT2D eigenvalue weighted by atomic mass is 28.4. The zero-order valence-electron chi connectivity index (χ0n) is 39.9. The zero-order chi connectivity index (χ0) is 43.2. The molecule has 0 aliphatic carbocycles. The summed E-state index contributed by atoms with van der Waals surface area (Å²) >= 11 is 0. The molecule has 1 unspecified atom stereocenters. The monoisotopic (exact) mass is 854 g/mol. The summed E-state index contributed by atoms with van der Waals surface area (Å²) in [5, 5.41) is 1.31. The third kappa shape index (κ3) is 19.0. The van der Waals surface area contributed by atoms with E-state index in [0.29, 0.717) is 6.61 Å². The molecule has 0 aliphatic rings. The summed E-state index contributed by atoms with van der Waals surface area (Å²) in [6.07, 6.45) is 16.1. The number of carbonyl (C=O) groups is 1. The van der Waals surface area contributed by atoms with E-state index >= 15 is 0 Å². The van der Waals surface area contributed by atoms with Gasteiger partial charge in [0.05, 0.1) is 37.9 Å². The minimum atomic E-state index is -1.93. The molecule has 0 aliphatic heterocycles. The molecule has 0 radical (unpaired) electrons. The van der Waals surface area contributed by atoms with Crippen molar-refractivity contribution in [1.29, 1.82) is 0 Å². The molecule has 0 aromatic rings. The average Bonchev–Trinajstić information content (AvgIpc) is 3.19. The van der Waals surface area contributed by atoms with Crippen molar-refractivity contribution in [3.8, 4) is 0 Å². The molecular weight excluding hydrogens is 763 g/mol. The van der Waals surface area contributed by atoms with Gasteiger partial charge in [0.25, 0.3) is 5.91 Å². The summed E-state index contributed by atoms with van der Waals surface area (Å²) in [5.41, 5.74) is 2.54. The number of amides is 1. The van der Waals surface area contributed by atoms with E-state index in [-0.39, 0.29) is 36.1 Å². The van der Waals surface area contributed by atoms with E-state index in [1.165, 1.54) is 23.3 Å². The Kier molecular flexibility index (Phi) is 27.3. The molecule has 7 nitrogen and oxygen atoms in total. The Morgan fingerprint density at radius 2 is 1.14 bits per heavy atom. The van der Waals surface area contributed by atoms with Gasteiger partial charge >= 0.3 is 0 Å². The minimum Gasteiger partial charge on any atom is -0.414 e. The Hall–Kier alpha value is -0.902. The van der Waals surface area contributed by atoms with E-state index in [1.807, 2.05) is 6.92 Å². The predicted molar refractivity (Wildman–Crippen MR) is 253 cm³/mol. The fourth-order valence-electron chi connectivity index (χ4n) is 7.51. The molecule has 1 amide bonds. The molecule has 328 valence electrons. The van der Waals surface area contributed by atoms with Crippen LogP contribution in [0.2, 0.25) is 74.0 Å². The molecule has 0 saturated heterocycles. The quantitative estimate of drug-likeness (QED) is 0.0300. The predicted octanol–water partition coefficient (Wildman–Crippen LogP) is 13.5. The van der Waals surface area contributed by atoms with Crippen LogP contribution in [0, 0.1) is 11.8 Å². The number of rotatable bonds is 31. The highest BCUT2D eigenvalue weighted by Gasteiger charge is 2.39. The topological polar surface area (TPSA) is 66.5 Å². The van der Waals surface area contributed by atoms with Crippen molar-refractivity contribution in [3.05, 3.63) is 47.6 Å². The third-order valence-electron chi connectivity index (χ3n) is 12.7. The van der Waals surface area contributed by atoms with Crippen molar-refractivity contribution in [3.63, 3.8) is 0 Å². The molecule has 5 atom stereocenters. The smallest absolute Gasteiger partial charge is 0.251 e. The van der Waals surface area contributed by atoms with Gasteiger partial charge in [0.1, 0.15) is 0 Å². The van der Waals surface area contributed by atoms with Crippen LogP contribution < -0.4 is 0 Å². The largest absolute Gasteiger partial charge is 0.414 e. The number of allylic oxidation sites excluding steroid dienone is 5. The molecule has 0 aromatic heterocycles. The number of carbonyl (C=O) groups excluding carboxylic acids is 1. The molecule has 0 N–H and O–H groups in total. The molecule has 11 heteroatoms. The van der Waals surface area contributed by atoms with Gasteiger partial charge in [0.2, 0.25) is 0 Å². The molecule has 0 spiro atoms. The number of nitrogens with zero attached hydrogens (tertiary/aromatic N) is 1. The first-order chi connectivity index (χ1) is 26.3. The zero-order valence-corrected chi connectivity index (χ0v) is 43.9. The summed E-state index contributed by atoms with van der Waals surface area (Å²) in [5.74, 6) is -0.174. The highest BCUT2D eigenvalue weighted by Crippen LogP contribution is 2.33. The van der Waals surface area contributed by atoms with Gasteiger partial charge < -0.3 is 17.7 Å². The molecule has 56 heavy (non-hydrogen) atoms. The molecule has 0 fully saturated rings. The first-order valence-corrected chi connectivity index (χ1v) is 33.5. The van der Waals surface area contributed by atoms with E-state index < -0.39 is 33.3 Å². The maximum atomic E-state index is 12.9. The standard InChI is InChI=1S/C45H91NO6Si4/c1-19-54(20-2,21-3)49-37-29-32-42(51-55(22-4,23-5)24-6)40(12)43(52-56(25-7,26-8)27-9)35-33-38(10)30-28-31-39(11)34-36-44(50-53(16,17)18)41(13)45(47)46(14)48-15/h29-33,35,40-44H,19-28,34,36-37H2,1-18H3/b32-29+,35-33+,38-30+,39-31+/t40-,41-,42?,43-,44+/m0/s1. The normalized spacial score (nSPS) is 16.8. The van der Waals surface area contributed by atoms with Crippen molar-refractivity contribution >= 4 is 39.2 Å². The maximum Gasteiger partial charge on any atom is 0.251 e. The third-order valence-corrected chi connectivity index (χ3v) is 27.7. The van der Waals surface area contributed by atoms with Gasteiger partial charge in [-0.15, -0.1) is 0 Å². The second-order valence-corrected chi connectivity index (χ2v) is 35.9. The van der Waals surface area contributed by atoms with Gasteiger partial charge in [-0.25, -0.2) is 5.06 Å². The summed E-state index contributed by atoms with van der Waals surface area (Å²) in [4.78, 5) is 18.1. The van der Waals surface area contributed by atoms with E-state index in [1.54, 1.807) is 7.05 Å². The van der Waals surface area contributed by atoms with Gasteiger partial charge in [-0.3, -0.25) is 9.63 Å². The lowest BCUT2D eigenvalue weighted by Gasteiger charge is -2.40. The van der Waals surface area contributed by atoms with E-state index in [4.69, 9.17) is 22.5 Å². The summed E-state index contributed by atoms with van der Waals surface area (Å²) in [6.45, 7) is 36.7. The summed E-state index contributed by atoms with van der Waals surface area (Å²) in [6, 6.07) is 10.2. The van der Waals surface area contributed by atoms with E-state index in [9.17, 15) is 4.79 Å². The molecule has 0 bridgehead atoms.